The zero-order valence-corrected chi connectivity index (χ0v) is 15.3. The molecule has 0 saturated heterocycles. The molecule has 3 nitrogen and oxygen atoms in total. The van der Waals surface area contributed by atoms with Crippen molar-refractivity contribution in [1.82, 2.24) is 4.90 Å². The second-order valence-corrected chi connectivity index (χ2v) is 5.33. The number of benzene rings is 1. The van der Waals surface area contributed by atoms with Crippen molar-refractivity contribution in [2.24, 2.45) is 0 Å². The van der Waals surface area contributed by atoms with Gasteiger partial charge >= 0.3 is 0 Å². The molecule has 0 fully saturated rings. The summed E-state index contributed by atoms with van der Waals surface area (Å²) in [5.74, 6) is 0.945. The molecule has 0 aliphatic carbocycles. The molecule has 2 rings (SSSR count). The molecular weight excluding hydrogens is 418 g/mol. The molecule has 18 heavy (non-hydrogen) atoms. The van der Waals surface area contributed by atoms with Gasteiger partial charge in [0.2, 0.25) is 5.91 Å². The van der Waals surface area contributed by atoms with Crippen LogP contribution in [0.25, 0.3) is 5.70 Å². The summed E-state index contributed by atoms with van der Waals surface area (Å²) >= 11 is 2.15. The first-order valence-electron chi connectivity index (χ1n) is 5.30. The standard InChI is InChI=1S/C13H13INO2.Y/c1-15-12(8-7-11(14)13(15)16)9-3-5-10(17-2)6-4-9;/h3-6,11H,7H2,1-2H3;/q-1;. The van der Waals surface area contributed by atoms with Crippen LogP contribution >= 0.6 is 22.6 Å². The summed E-state index contributed by atoms with van der Waals surface area (Å²) in [6.07, 6.45) is 3.95. The Balaban J connectivity index is 0.00000162. The number of allylic oxidation sites excluding steroid dienone is 1. The van der Waals surface area contributed by atoms with E-state index in [-0.39, 0.29) is 42.5 Å². The van der Waals surface area contributed by atoms with Gasteiger partial charge in [0.1, 0.15) is 5.75 Å². The summed E-state index contributed by atoms with van der Waals surface area (Å²) < 4.78 is 5.11. The minimum atomic E-state index is -0.000372. The van der Waals surface area contributed by atoms with E-state index in [0.717, 1.165) is 17.0 Å². The van der Waals surface area contributed by atoms with Gasteiger partial charge in [-0.25, -0.2) is 6.08 Å². The van der Waals surface area contributed by atoms with Crippen molar-refractivity contribution >= 4 is 34.2 Å². The Morgan fingerprint density at radius 3 is 2.56 bits per heavy atom. The van der Waals surface area contributed by atoms with Crippen LogP contribution in [0.2, 0.25) is 0 Å². The van der Waals surface area contributed by atoms with Crippen LogP contribution in [0.4, 0.5) is 0 Å². The molecule has 93 valence electrons. The molecular formula is C13H13INO2Y-. The van der Waals surface area contributed by atoms with E-state index < -0.39 is 0 Å². The Labute approximate surface area is 146 Å². The maximum atomic E-state index is 11.9. The third kappa shape index (κ3) is 3.33. The minimum Gasteiger partial charge on any atom is -0.497 e. The Morgan fingerprint density at radius 2 is 2.00 bits per heavy atom. The molecule has 1 unspecified atom stereocenters. The quantitative estimate of drug-likeness (QED) is 0.410. The Kier molecular flexibility index (Phi) is 6.28. The van der Waals surface area contributed by atoms with E-state index in [1.54, 1.807) is 19.1 Å². The second kappa shape index (κ2) is 7.01. The fourth-order valence-corrected chi connectivity index (χ4v) is 2.40. The number of nitrogens with zero attached hydrogens (tertiary/aromatic N) is 1. The average Bonchev–Trinajstić information content (AvgIpc) is 2.36. The maximum absolute atomic E-state index is 11.9. The van der Waals surface area contributed by atoms with Crippen molar-refractivity contribution in [3.8, 4) is 5.75 Å². The van der Waals surface area contributed by atoms with Gasteiger partial charge in [0.05, 0.1) is 11.0 Å². The number of methoxy groups -OCH3 is 1. The molecule has 1 amide bonds. The van der Waals surface area contributed by atoms with E-state index in [1.807, 2.05) is 24.3 Å². The van der Waals surface area contributed by atoms with Crippen LogP contribution in [-0.4, -0.2) is 28.9 Å². The third-order valence-corrected chi connectivity index (χ3v) is 3.72. The number of rotatable bonds is 2. The van der Waals surface area contributed by atoms with Gasteiger partial charge in [-0.15, -0.1) is 17.8 Å². The molecule has 1 aromatic carbocycles. The molecule has 5 heteroatoms. The molecule has 1 radical (unpaired) electrons. The van der Waals surface area contributed by atoms with E-state index in [4.69, 9.17) is 4.74 Å². The van der Waals surface area contributed by atoms with Gasteiger partial charge in [-0.3, -0.25) is 4.79 Å². The first-order chi connectivity index (χ1) is 8.13. The van der Waals surface area contributed by atoms with Crippen molar-refractivity contribution < 1.29 is 42.2 Å². The van der Waals surface area contributed by atoms with Gasteiger partial charge < -0.3 is 9.64 Å². The van der Waals surface area contributed by atoms with Gasteiger partial charge in [0.25, 0.3) is 0 Å². The smallest absolute Gasteiger partial charge is 0.235 e. The number of amides is 1. The topological polar surface area (TPSA) is 29.5 Å². The first-order valence-corrected chi connectivity index (χ1v) is 6.55. The molecule has 0 saturated carbocycles. The Morgan fingerprint density at radius 1 is 1.39 bits per heavy atom. The van der Waals surface area contributed by atoms with E-state index >= 15 is 0 Å². The zero-order valence-electron chi connectivity index (χ0n) is 10.3. The van der Waals surface area contributed by atoms with Crippen molar-refractivity contribution in [3.63, 3.8) is 0 Å². The SMILES string of the molecule is COc1ccc(C2=[C-]CC(I)C(=O)N2C)cc1.[Y]. The summed E-state index contributed by atoms with van der Waals surface area (Å²) in [7, 11) is 3.43. The number of hydrogen-bond donors (Lipinski definition) is 0. The van der Waals surface area contributed by atoms with Crippen molar-refractivity contribution in [2.75, 3.05) is 14.2 Å². The van der Waals surface area contributed by atoms with Crippen molar-refractivity contribution in [3.05, 3.63) is 35.9 Å². The van der Waals surface area contributed by atoms with Crippen molar-refractivity contribution in [1.29, 1.82) is 0 Å². The Bertz CT molecular complexity index is 459. The average molecular weight is 431 g/mol. The number of carbonyl (C=O) groups is 1. The molecule has 1 aliphatic heterocycles. The van der Waals surface area contributed by atoms with E-state index in [2.05, 4.69) is 28.7 Å². The molecule has 1 heterocycles. The van der Waals surface area contributed by atoms with Gasteiger partial charge in [-0.1, -0.05) is 29.0 Å². The maximum Gasteiger partial charge on any atom is 0.235 e. The van der Waals surface area contributed by atoms with Gasteiger partial charge in [0, 0.05) is 39.8 Å². The monoisotopic (exact) mass is 431 g/mol. The Hall–Kier alpha value is 0.0639. The summed E-state index contributed by atoms with van der Waals surface area (Å²) in [6.45, 7) is 0. The van der Waals surface area contributed by atoms with Crippen LogP contribution in [-0.2, 0) is 37.5 Å². The normalized spacial score (nSPS) is 19.1. The molecule has 0 bridgehead atoms. The van der Waals surface area contributed by atoms with E-state index in [9.17, 15) is 4.79 Å². The number of ether oxygens (including phenoxy) is 1. The van der Waals surface area contributed by atoms with Gasteiger partial charge in [0.15, 0.2) is 0 Å². The molecule has 1 atom stereocenters. The van der Waals surface area contributed by atoms with E-state index in [0.29, 0.717) is 6.42 Å². The number of alkyl halides is 1. The second-order valence-electron chi connectivity index (χ2n) is 3.82. The van der Waals surface area contributed by atoms with Crippen LogP contribution < -0.4 is 4.74 Å². The van der Waals surface area contributed by atoms with Gasteiger partial charge in [-0.05, 0) is 12.1 Å². The summed E-state index contributed by atoms with van der Waals surface area (Å²) in [5, 5.41) is 0. The molecule has 0 N–H and O–H groups in total. The third-order valence-electron chi connectivity index (χ3n) is 2.75. The van der Waals surface area contributed by atoms with Crippen molar-refractivity contribution in [2.45, 2.75) is 10.3 Å². The summed E-state index contributed by atoms with van der Waals surface area (Å²) in [6, 6.07) is 7.66. The van der Waals surface area contributed by atoms with Crippen LogP contribution in [0.5, 0.6) is 5.75 Å². The van der Waals surface area contributed by atoms with Crippen LogP contribution in [0, 0.1) is 6.08 Å². The summed E-state index contributed by atoms with van der Waals surface area (Å²) in [5.41, 5.74) is 1.84. The minimum absolute atomic E-state index is 0. The predicted molar refractivity (Wildman–Crippen MR) is 74.8 cm³/mol. The zero-order chi connectivity index (χ0) is 12.4. The van der Waals surface area contributed by atoms with E-state index in [1.165, 1.54) is 0 Å². The predicted octanol–water partition coefficient (Wildman–Crippen LogP) is 2.50. The first kappa shape index (κ1) is 16.1. The number of carbonyl (C=O) groups excluding carboxylic acids is 1. The number of hydrogen-bond acceptors (Lipinski definition) is 2. The molecule has 0 aromatic heterocycles. The van der Waals surface area contributed by atoms with Crippen LogP contribution in [0.1, 0.15) is 12.0 Å². The largest absolute Gasteiger partial charge is 0.497 e. The van der Waals surface area contributed by atoms with Gasteiger partial charge in [-0.2, -0.15) is 5.56 Å². The molecule has 0 spiro atoms. The van der Waals surface area contributed by atoms with Crippen LogP contribution in [0.3, 0.4) is 0 Å². The summed E-state index contributed by atoms with van der Waals surface area (Å²) in [4.78, 5) is 13.5. The number of halogens is 1. The molecule has 1 aromatic rings. The fourth-order valence-electron chi connectivity index (χ4n) is 1.76. The van der Waals surface area contributed by atoms with Crippen LogP contribution in [0.15, 0.2) is 24.3 Å². The molecule has 1 aliphatic rings. The fraction of sp³-hybridized carbons (Fsp3) is 0.308.